The van der Waals surface area contributed by atoms with Gasteiger partial charge in [0.05, 0.1) is 18.8 Å². The standard InChI is InChI=1S/C13H27NO2/c1-10(2)16-9-13(15)8-14-11(3)12-6-4-5-7-12/h10-15H,4-9H2,1-3H3. The highest BCUT2D eigenvalue weighted by atomic mass is 16.5. The molecule has 3 nitrogen and oxygen atoms in total. The third-order valence-corrected chi connectivity index (χ3v) is 3.40. The molecular weight excluding hydrogens is 202 g/mol. The van der Waals surface area contributed by atoms with Crippen molar-refractivity contribution in [2.24, 2.45) is 5.92 Å². The quantitative estimate of drug-likeness (QED) is 0.701. The predicted octanol–water partition coefficient (Wildman–Crippen LogP) is 1.94. The highest BCUT2D eigenvalue weighted by Crippen LogP contribution is 2.27. The van der Waals surface area contributed by atoms with Crippen molar-refractivity contribution in [3.05, 3.63) is 0 Å². The minimum Gasteiger partial charge on any atom is -0.389 e. The Morgan fingerprint density at radius 2 is 1.88 bits per heavy atom. The Hall–Kier alpha value is -0.120. The SMILES string of the molecule is CC(C)OCC(O)CNC(C)C1CCCC1. The van der Waals surface area contributed by atoms with Gasteiger partial charge >= 0.3 is 0 Å². The summed E-state index contributed by atoms with van der Waals surface area (Å²) < 4.78 is 5.37. The predicted molar refractivity (Wildman–Crippen MR) is 66.5 cm³/mol. The zero-order valence-electron chi connectivity index (χ0n) is 10.9. The van der Waals surface area contributed by atoms with Gasteiger partial charge in [0.1, 0.15) is 0 Å². The first kappa shape index (κ1) is 13.9. The molecule has 0 saturated heterocycles. The highest BCUT2D eigenvalue weighted by Gasteiger charge is 2.21. The summed E-state index contributed by atoms with van der Waals surface area (Å²) in [5.41, 5.74) is 0. The van der Waals surface area contributed by atoms with Crippen LogP contribution in [-0.4, -0.2) is 36.5 Å². The Morgan fingerprint density at radius 1 is 1.25 bits per heavy atom. The lowest BCUT2D eigenvalue weighted by Gasteiger charge is -2.22. The Kier molecular flexibility index (Phi) is 6.32. The molecule has 0 aromatic heterocycles. The van der Waals surface area contributed by atoms with Gasteiger partial charge in [-0.1, -0.05) is 12.8 Å². The number of ether oxygens (including phenoxy) is 1. The third kappa shape index (κ3) is 5.28. The van der Waals surface area contributed by atoms with Crippen molar-refractivity contribution in [3.63, 3.8) is 0 Å². The summed E-state index contributed by atoms with van der Waals surface area (Å²) in [5, 5.41) is 13.1. The van der Waals surface area contributed by atoms with E-state index in [0.717, 1.165) is 5.92 Å². The summed E-state index contributed by atoms with van der Waals surface area (Å²) >= 11 is 0. The van der Waals surface area contributed by atoms with Crippen LogP contribution < -0.4 is 5.32 Å². The summed E-state index contributed by atoms with van der Waals surface area (Å²) in [4.78, 5) is 0. The van der Waals surface area contributed by atoms with Crippen LogP contribution in [0.5, 0.6) is 0 Å². The molecule has 0 aliphatic heterocycles. The minimum absolute atomic E-state index is 0.196. The first-order valence-electron chi connectivity index (χ1n) is 6.62. The highest BCUT2D eigenvalue weighted by molar-refractivity contribution is 4.78. The van der Waals surface area contributed by atoms with Gasteiger partial charge in [0.2, 0.25) is 0 Å². The first-order valence-corrected chi connectivity index (χ1v) is 6.62. The summed E-state index contributed by atoms with van der Waals surface area (Å²) in [6.07, 6.45) is 5.23. The molecule has 0 amide bonds. The van der Waals surface area contributed by atoms with Crippen LogP contribution in [0.3, 0.4) is 0 Å². The average Bonchev–Trinajstić information content (AvgIpc) is 2.76. The van der Waals surface area contributed by atoms with Crippen molar-refractivity contribution < 1.29 is 9.84 Å². The second-order valence-electron chi connectivity index (χ2n) is 5.28. The molecule has 3 heteroatoms. The Labute approximate surface area is 99.6 Å². The molecule has 0 aromatic carbocycles. The number of hydrogen-bond donors (Lipinski definition) is 2. The zero-order valence-corrected chi connectivity index (χ0v) is 10.9. The van der Waals surface area contributed by atoms with E-state index in [1.807, 2.05) is 13.8 Å². The molecule has 96 valence electrons. The van der Waals surface area contributed by atoms with Gasteiger partial charge in [0.15, 0.2) is 0 Å². The van der Waals surface area contributed by atoms with Gasteiger partial charge in [-0.15, -0.1) is 0 Å². The van der Waals surface area contributed by atoms with E-state index in [4.69, 9.17) is 4.74 Å². The molecular formula is C13H27NO2. The van der Waals surface area contributed by atoms with Crippen molar-refractivity contribution in [2.75, 3.05) is 13.2 Å². The van der Waals surface area contributed by atoms with Crippen molar-refractivity contribution >= 4 is 0 Å². The van der Waals surface area contributed by atoms with E-state index >= 15 is 0 Å². The molecule has 0 radical (unpaired) electrons. The Morgan fingerprint density at radius 3 is 2.44 bits per heavy atom. The number of aliphatic hydroxyl groups excluding tert-OH is 1. The van der Waals surface area contributed by atoms with E-state index in [9.17, 15) is 5.11 Å². The zero-order chi connectivity index (χ0) is 12.0. The molecule has 16 heavy (non-hydrogen) atoms. The Bertz CT molecular complexity index is 179. The van der Waals surface area contributed by atoms with Gasteiger partial charge in [0.25, 0.3) is 0 Å². The van der Waals surface area contributed by atoms with Gasteiger partial charge < -0.3 is 15.2 Å². The van der Waals surface area contributed by atoms with Crippen LogP contribution >= 0.6 is 0 Å². The lowest BCUT2D eigenvalue weighted by molar-refractivity contribution is 0.00501. The van der Waals surface area contributed by atoms with Gasteiger partial charge in [-0.05, 0) is 39.5 Å². The molecule has 2 atom stereocenters. The number of hydrogen-bond acceptors (Lipinski definition) is 3. The fourth-order valence-electron chi connectivity index (χ4n) is 2.31. The maximum Gasteiger partial charge on any atom is 0.0897 e. The average molecular weight is 229 g/mol. The lowest BCUT2D eigenvalue weighted by Crippen LogP contribution is -2.39. The molecule has 2 N–H and O–H groups in total. The molecule has 0 spiro atoms. The summed E-state index contributed by atoms with van der Waals surface area (Å²) in [7, 11) is 0. The van der Waals surface area contributed by atoms with E-state index < -0.39 is 0 Å². The molecule has 0 heterocycles. The monoisotopic (exact) mass is 229 g/mol. The van der Waals surface area contributed by atoms with Crippen LogP contribution in [0.4, 0.5) is 0 Å². The minimum atomic E-state index is -0.383. The van der Waals surface area contributed by atoms with E-state index in [1.165, 1.54) is 25.7 Å². The molecule has 1 aliphatic rings. The van der Waals surface area contributed by atoms with Gasteiger partial charge in [0, 0.05) is 12.6 Å². The number of aliphatic hydroxyl groups is 1. The van der Waals surface area contributed by atoms with Crippen LogP contribution in [0.15, 0.2) is 0 Å². The second kappa shape index (κ2) is 7.25. The molecule has 2 unspecified atom stereocenters. The molecule has 1 saturated carbocycles. The van der Waals surface area contributed by atoms with Crippen molar-refractivity contribution in [2.45, 2.75) is 64.7 Å². The molecule has 1 aliphatic carbocycles. The lowest BCUT2D eigenvalue weighted by atomic mass is 10.00. The largest absolute Gasteiger partial charge is 0.389 e. The smallest absolute Gasteiger partial charge is 0.0897 e. The first-order chi connectivity index (χ1) is 7.59. The van der Waals surface area contributed by atoms with E-state index in [2.05, 4.69) is 12.2 Å². The molecule has 0 aromatic rings. The normalized spacial score (nSPS) is 21.6. The summed E-state index contributed by atoms with van der Waals surface area (Å²) in [5.74, 6) is 0.804. The fraction of sp³-hybridized carbons (Fsp3) is 1.00. The van der Waals surface area contributed by atoms with Crippen LogP contribution in [-0.2, 0) is 4.74 Å². The maximum atomic E-state index is 9.70. The Balaban J connectivity index is 2.08. The van der Waals surface area contributed by atoms with Crippen LogP contribution in [0.2, 0.25) is 0 Å². The number of nitrogens with one attached hydrogen (secondary N) is 1. The van der Waals surface area contributed by atoms with E-state index in [-0.39, 0.29) is 12.2 Å². The van der Waals surface area contributed by atoms with Gasteiger partial charge in [-0.25, -0.2) is 0 Å². The summed E-state index contributed by atoms with van der Waals surface area (Å²) in [6.45, 7) is 7.28. The van der Waals surface area contributed by atoms with E-state index in [1.54, 1.807) is 0 Å². The summed E-state index contributed by atoms with van der Waals surface area (Å²) in [6, 6.07) is 0.524. The van der Waals surface area contributed by atoms with Crippen LogP contribution in [0, 0.1) is 5.92 Å². The second-order valence-corrected chi connectivity index (χ2v) is 5.28. The third-order valence-electron chi connectivity index (χ3n) is 3.40. The molecule has 0 bridgehead atoms. The van der Waals surface area contributed by atoms with Crippen molar-refractivity contribution in [1.82, 2.24) is 5.32 Å². The van der Waals surface area contributed by atoms with Gasteiger partial charge in [-0.3, -0.25) is 0 Å². The molecule has 1 rings (SSSR count). The van der Waals surface area contributed by atoms with Crippen LogP contribution in [0.1, 0.15) is 46.5 Å². The molecule has 1 fully saturated rings. The maximum absolute atomic E-state index is 9.70. The van der Waals surface area contributed by atoms with Gasteiger partial charge in [-0.2, -0.15) is 0 Å². The number of rotatable bonds is 7. The van der Waals surface area contributed by atoms with Crippen molar-refractivity contribution in [1.29, 1.82) is 0 Å². The van der Waals surface area contributed by atoms with Crippen molar-refractivity contribution in [3.8, 4) is 0 Å². The van der Waals surface area contributed by atoms with E-state index in [0.29, 0.717) is 19.2 Å². The topological polar surface area (TPSA) is 41.5 Å². The van der Waals surface area contributed by atoms with Crippen LogP contribution in [0.25, 0.3) is 0 Å². The fourth-order valence-corrected chi connectivity index (χ4v) is 2.31.